The van der Waals surface area contributed by atoms with Crippen molar-refractivity contribution in [1.29, 1.82) is 0 Å². The fourth-order valence-electron chi connectivity index (χ4n) is 4.19. The van der Waals surface area contributed by atoms with E-state index in [0.717, 1.165) is 10.5 Å². The van der Waals surface area contributed by atoms with Gasteiger partial charge in [0, 0.05) is 11.1 Å². The number of nitrogens with zero attached hydrogens (tertiary/aromatic N) is 1. The average molecular weight is 544 g/mol. The summed E-state index contributed by atoms with van der Waals surface area (Å²) >= 11 is 12.1. The number of ether oxygens (including phenoxy) is 1. The van der Waals surface area contributed by atoms with Crippen molar-refractivity contribution in [2.24, 2.45) is 0 Å². The number of rotatable bonds is 6. The smallest absolute Gasteiger partial charge is 0.339 e. The van der Waals surface area contributed by atoms with E-state index in [9.17, 15) is 19.2 Å². The monoisotopic (exact) mass is 543 g/mol. The lowest BCUT2D eigenvalue weighted by molar-refractivity contribution is 0.0280. The molecule has 1 aliphatic heterocycles. The number of Topliss-reactive ketones (excluding diaryl/α,β-unsaturated/α-hetero) is 1. The molecule has 0 aromatic heterocycles. The number of ketones is 1. The van der Waals surface area contributed by atoms with Crippen LogP contribution in [0.25, 0.3) is 0 Å². The van der Waals surface area contributed by atoms with Gasteiger partial charge in [0.2, 0.25) is 5.78 Å². The standard InChI is InChI=1S/C30H19Cl2NO5/c1-17-10-12-18(13-11-17)26(34)27(19-6-3-2-4-7-19)38-30(37)20-8-5-9-21(14-20)33-28(35)22-15-24(31)25(32)16-23(22)29(33)36/h2-16,27H,1H3/t27-/m1/s1. The van der Waals surface area contributed by atoms with Crippen molar-refractivity contribution in [2.45, 2.75) is 13.0 Å². The molecule has 0 radical (unpaired) electrons. The Kier molecular flexibility index (Phi) is 6.85. The zero-order valence-electron chi connectivity index (χ0n) is 20.0. The van der Waals surface area contributed by atoms with Crippen molar-refractivity contribution >= 4 is 52.5 Å². The van der Waals surface area contributed by atoms with E-state index < -0.39 is 23.9 Å². The molecule has 4 aromatic carbocycles. The van der Waals surface area contributed by atoms with Gasteiger partial charge in [-0.1, -0.05) is 89.4 Å². The summed E-state index contributed by atoms with van der Waals surface area (Å²) in [5, 5.41) is 0.298. The van der Waals surface area contributed by atoms with Gasteiger partial charge in [-0.05, 0) is 37.3 Å². The lowest BCUT2D eigenvalue weighted by Gasteiger charge is -2.19. The maximum atomic E-state index is 13.4. The summed E-state index contributed by atoms with van der Waals surface area (Å²) in [5.41, 5.74) is 2.36. The molecular formula is C30H19Cl2NO5. The van der Waals surface area contributed by atoms with Gasteiger partial charge in [-0.25, -0.2) is 9.69 Å². The quantitative estimate of drug-likeness (QED) is 0.150. The number of benzene rings is 4. The van der Waals surface area contributed by atoms with Gasteiger partial charge in [-0.3, -0.25) is 14.4 Å². The first-order chi connectivity index (χ1) is 18.2. The first-order valence-corrected chi connectivity index (χ1v) is 12.3. The minimum atomic E-state index is -1.20. The Morgan fingerprint density at radius 1 is 0.737 bits per heavy atom. The van der Waals surface area contributed by atoms with Gasteiger partial charge >= 0.3 is 5.97 Å². The van der Waals surface area contributed by atoms with Crippen LogP contribution in [-0.4, -0.2) is 23.6 Å². The molecule has 1 heterocycles. The Bertz CT molecular complexity index is 1560. The highest BCUT2D eigenvalue weighted by Gasteiger charge is 2.38. The minimum Gasteiger partial charge on any atom is -0.445 e. The summed E-state index contributed by atoms with van der Waals surface area (Å²) in [6.07, 6.45) is -1.20. The molecule has 0 fully saturated rings. The van der Waals surface area contributed by atoms with Gasteiger partial charge < -0.3 is 4.74 Å². The average Bonchev–Trinajstić information content (AvgIpc) is 3.16. The zero-order chi connectivity index (χ0) is 27.0. The Hall–Kier alpha value is -4.26. The van der Waals surface area contributed by atoms with E-state index in [-0.39, 0.29) is 38.2 Å². The van der Waals surface area contributed by atoms with E-state index in [0.29, 0.717) is 11.1 Å². The molecular weight excluding hydrogens is 525 g/mol. The maximum Gasteiger partial charge on any atom is 0.339 e. The number of carbonyl (C=O) groups is 4. The fourth-order valence-corrected chi connectivity index (χ4v) is 4.51. The molecule has 2 amide bonds. The van der Waals surface area contributed by atoms with Crippen LogP contribution in [0.1, 0.15) is 58.7 Å². The number of hydrogen-bond donors (Lipinski definition) is 0. The molecule has 5 rings (SSSR count). The van der Waals surface area contributed by atoms with Crippen LogP contribution in [0.4, 0.5) is 5.69 Å². The third-order valence-electron chi connectivity index (χ3n) is 6.17. The highest BCUT2D eigenvalue weighted by Crippen LogP contribution is 2.34. The van der Waals surface area contributed by atoms with Crippen molar-refractivity contribution in [3.05, 3.63) is 134 Å². The van der Waals surface area contributed by atoms with Crippen LogP contribution in [0.3, 0.4) is 0 Å². The highest BCUT2D eigenvalue weighted by atomic mass is 35.5. The second-order valence-corrected chi connectivity index (χ2v) is 9.55. The molecule has 1 aliphatic rings. The van der Waals surface area contributed by atoms with E-state index in [2.05, 4.69) is 0 Å². The van der Waals surface area contributed by atoms with Gasteiger partial charge in [0.25, 0.3) is 11.8 Å². The summed E-state index contributed by atoms with van der Waals surface area (Å²) in [4.78, 5) is 53.6. The molecule has 0 unspecified atom stereocenters. The zero-order valence-corrected chi connectivity index (χ0v) is 21.5. The second kappa shape index (κ2) is 10.2. The lowest BCUT2D eigenvalue weighted by atomic mass is 9.99. The van der Waals surface area contributed by atoms with Crippen LogP contribution in [0.15, 0.2) is 91.0 Å². The van der Waals surface area contributed by atoms with E-state index in [1.165, 1.54) is 36.4 Å². The largest absolute Gasteiger partial charge is 0.445 e. The summed E-state index contributed by atoms with van der Waals surface area (Å²) in [6.45, 7) is 1.91. The van der Waals surface area contributed by atoms with E-state index in [4.69, 9.17) is 27.9 Å². The number of esters is 1. The molecule has 6 nitrogen and oxygen atoms in total. The first kappa shape index (κ1) is 25.4. The molecule has 0 saturated carbocycles. The number of hydrogen-bond acceptors (Lipinski definition) is 5. The predicted molar refractivity (Wildman–Crippen MR) is 144 cm³/mol. The van der Waals surface area contributed by atoms with Crippen LogP contribution in [0.2, 0.25) is 10.0 Å². The van der Waals surface area contributed by atoms with E-state index >= 15 is 0 Å². The van der Waals surface area contributed by atoms with Crippen LogP contribution < -0.4 is 4.90 Å². The molecule has 4 aromatic rings. The number of fused-ring (bicyclic) bond motifs is 1. The topological polar surface area (TPSA) is 80.8 Å². The molecule has 0 N–H and O–H groups in total. The second-order valence-electron chi connectivity index (χ2n) is 8.73. The molecule has 0 bridgehead atoms. The fraction of sp³-hybridized carbons (Fsp3) is 0.0667. The number of imide groups is 1. The number of anilines is 1. The molecule has 0 aliphatic carbocycles. The molecule has 1 atom stereocenters. The third-order valence-corrected chi connectivity index (χ3v) is 6.89. The van der Waals surface area contributed by atoms with Gasteiger partial charge in [0.15, 0.2) is 6.10 Å². The molecule has 8 heteroatoms. The summed E-state index contributed by atoms with van der Waals surface area (Å²) in [5.74, 6) is -2.35. The predicted octanol–water partition coefficient (Wildman–Crippen LogP) is 6.88. The van der Waals surface area contributed by atoms with Gasteiger partial charge in [-0.15, -0.1) is 0 Å². The van der Waals surface area contributed by atoms with Crippen molar-refractivity contribution < 1.29 is 23.9 Å². The van der Waals surface area contributed by atoms with Crippen molar-refractivity contribution in [3.63, 3.8) is 0 Å². The van der Waals surface area contributed by atoms with Gasteiger partial charge in [0.1, 0.15) is 0 Å². The summed E-state index contributed by atoms with van der Waals surface area (Å²) < 4.78 is 5.72. The number of amides is 2. The number of carbonyl (C=O) groups excluding carboxylic acids is 4. The van der Waals surface area contributed by atoms with E-state index in [1.54, 1.807) is 42.5 Å². The Morgan fingerprint density at radius 3 is 1.95 bits per heavy atom. The van der Waals surface area contributed by atoms with E-state index in [1.807, 2.05) is 19.1 Å². The van der Waals surface area contributed by atoms with Crippen LogP contribution >= 0.6 is 23.2 Å². The van der Waals surface area contributed by atoms with Crippen LogP contribution in [0.5, 0.6) is 0 Å². The number of aryl methyl sites for hydroxylation is 1. The van der Waals surface area contributed by atoms with Crippen LogP contribution in [0, 0.1) is 6.92 Å². The van der Waals surface area contributed by atoms with Crippen molar-refractivity contribution in [3.8, 4) is 0 Å². The number of halogens is 2. The molecule has 0 saturated heterocycles. The first-order valence-electron chi connectivity index (χ1n) is 11.6. The SMILES string of the molecule is Cc1ccc(C(=O)[C@H](OC(=O)c2cccc(N3C(=O)c4cc(Cl)c(Cl)cc4C3=O)c2)c2ccccc2)cc1. The normalized spacial score (nSPS) is 13.3. The minimum absolute atomic E-state index is 0.0627. The lowest BCUT2D eigenvalue weighted by Crippen LogP contribution is -2.29. The van der Waals surface area contributed by atoms with Gasteiger partial charge in [-0.2, -0.15) is 0 Å². The molecule has 38 heavy (non-hydrogen) atoms. The summed E-state index contributed by atoms with van der Waals surface area (Å²) in [6, 6.07) is 24.3. The Morgan fingerprint density at radius 2 is 1.34 bits per heavy atom. The van der Waals surface area contributed by atoms with Crippen molar-refractivity contribution in [1.82, 2.24) is 0 Å². The van der Waals surface area contributed by atoms with Gasteiger partial charge in [0.05, 0.1) is 32.4 Å². The van der Waals surface area contributed by atoms with Crippen LogP contribution in [-0.2, 0) is 4.74 Å². The highest BCUT2D eigenvalue weighted by molar-refractivity contribution is 6.44. The molecule has 0 spiro atoms. The maximum absolute atomic E-state index is 13.4. The third kappa shape index (κ3) is 4.72. The Balaban J connectivity index is 1.45. The molecule has 188 valence electrons. The van der Waals surface area contributed by atoms with Crippen molar-refractivity contribution in [2.75, 3.05) is 4.90 Å². The summed E-state index contributed by atoms with van der Waals surface area (Å²) in [7, 11) is 0. The Labute approximate surface area is 228 Å².